The molecule has 0 spiro atoms. The van der Waals surface area contributed by atoms with Gasteiger partial charge in [-0.2, -0.15) is 0 Å². The van der Waals surface area contributed by atoms with Gasteiger partial charge in [-0.3, -0.25) is 4.79 Å². The van der Waals surface area contributed by atoms with Gasteiger partial charge in [-0.1, -0.05) is 12.1 Å². The number of thioether (sulfide) groups is 1. The summed E-state index contributed by atoms with van der Waals surface area (Å²) < 4.78 is 26.2. The van der Waals surface area contributed by atoms with E-state index in [-0.39, 0.29) is 11.3 Å². The van der Waals surface area contributed by atoms with Crippen molar-refractivity contribution in [1.29, 1.82) is 0 Å². The Morgan fingerprint density at radius 3 is 2.28 bits per heavy atom. The zero-order valence-electron chi connectivity index (χ0n) is 9.61. The van der Waals surface area contributed by atoms with E-state index >= 15 is 0 Å². The third-order valence-electron chi connectivity index (χ3n) is 2.48. The number of benzene rings is 2. The fraction of sp³-hybridized carbons (Fsp3) is 0.0714. The van der Waals surface area contributed by atoms with Crippen LogP contribution in [0.1, 0.15) is 15.9 Å². The Hall–Kier alpha value is -1.68. The number of carbonyl (C=O) groups is 1. The molecule has 0 saturated carbocycles. The zero-order chi connectivity index (χ0) is 13.1. The summed E-state index contributed by atoms with van der Waals surface area (Å²) in [5.74, 6) is -1.88. The number of hydrogen-bond acceptors (Lipinski definition) is 2. The molecule has 0 radical (unpaired) electrons. The molecule has 0 N–H and O–H groups in total. The minimum atomic E-state index is -0.750. The van der Waals surface area contributed by atoms with E-state index in [2.05, 4.69) is 0 Å². The maximum absolute atomic E-state index is 13.1. The van der Waals surface area contributed by atoms with E-state index in [1.165, 1.54) is 11.8 Å². The molecule has 0 aliphatic carbocycles. The van der Waals surface area contributed by atoms with Crippen molar-refractivity contribution in [2.75, 3.05) is 6.26 Å². The van der Waals surface area contributed by atoms with Crippen LogP contribution >= 0.6 is 11.8 Å². The summed E-state index contributed by atoms with van der Waals surface area (Å²) in [6.07, 6.45) is 1.85. The Morgan fingerprint density at radius 1 is 1.06 bits per heavy atom. The molecule has 0 aliphatic heterocycles. The van der Waals surface area contributed by atoms with Crippen molar-refractivity contribution in [3.05, 3.63) is 65.2 Å². The Morgan fingerprint density at radius 2 is 1.67 bits per heavy atom. The fourth-order valence-electron chi connectivity index (χ4n) is 1.67. The molecule has 18 heavy (non-hydrogen) atoms. The lowest BCUT2D eigenvalue weighted by Crippen LogP contribution is -2.04. The van der Waals surface area contributed by atoms with Crippen LogP contribution in [0, 0.1) is 11.6 Å². The van der Waals surface area contributed by atoms with Crippen LogP contribution in [0.25, 0.3) is 0 Å². The molecule has 0 bridgehead atoms. The van der Waals surface area contributed by atoms with E-state index in [9.17, 15) is 13.6 Å². The monoisotopic (exact) mass is 264 g/mol. The molecule has 0 unspecified atom stereocenters. The molecule has 0 heterocycles. The molecule has 0 aromatic heterocycles. The van der Waals surface area contributed by atoms with Gasteiger partial charge < -0.3 is 0 Å². The van der Waals surface area contributed by atoms with Crippen LogP contribution in [0.3, 0.4) is 0 Å². The van der Waals surface area contributed by atoms with Crippen molar-refractivity contribution in [3.63, 3.8) is 0 Å². The SMILES string of the molecule is CSc1ccccc1C(=O)c1cc(F)cc(F)c1. The van der Waals surface area contributed by atoms with Crippen LogP contribution in [0.2, 0.25) is 0 Å². The van der Waals surface area contributed by atoms with Gasteiger partial charge in [-0.15, -0.1) is 11.8 Å². The van der Waals surface area contributed by atoms with E-state index < -0.39 is 11.6 Å². The topological polar surface area (TPSA) is 17.1 Å². The van der Waals surface area contributed by atoms with Crippen molar-refractivity contribution < 1.29 is 13.6 Å². The first-order valence-electron chi connectivity index (χ1n) is 5.25. The molecule has 1 nitrogen and oxygen atoms in total. The lowest BCUT2D eigenvalue weighted by Gasteiger charge is -2.06. The molecule has 92 valence electrons. The summed E-state index contributed by atoms with van der Waals surface area (Å²) in [4.78, 5) is 13.0. The first-order chi connectivity index (χ1) is 8.61. The van der Waals surface area contributed by atoms with Crippen molar-refractivity contribution in [2.45, 2.75) is 4.90 Å². The van der Waals surface area contributed by atoms with Crippen molar-refractivity contribution in [1.82, 2.24) is 0 Å². The van der Waals surface area contributed by atoms with Gasteiger partial charge in [0, 0.05) is 22.1 Å². The lowest BCUT2D eigenvalue weighted by atomic mass is 10.0. The third kappa shape index (κ3) is 2.59. The molecular formula is C14H10F2OS. The molecule has 4 heteroatoms. The highest BCUT2D eigenvalue weighted by Crippen LogP contribution is 2.23. The van der Waals surface area contributed by atoms with Crippen molar-refractivity contribution in [2.24, 2.45) is 0 Å². The summed E-state index contributed by atoms with van der Waals surface area (Å²) in [6.45, 7) is 0. The van der Waals surface area contributed by atoms with Crippen LogP contribution in [0.5, 0.6) is 0 Å². The number of hydrogen-bond donors (Lipinski definition) is 0. The summed E-state index contributed by atoms with van der Waals surface area (Å²) in [5.41, 5.74) is 0.476. The van der Waals surface area contributed by atoms with E-state index in [0.29, 0.717) is 5.56 Å². The predicted octanol–water partition coefficient (Wildman–Crippen LogP) is 3.92. The molecule has 0 saturated heterocycles. The maximum Gasteiger partial charge on any atom is 0.194 e. The number of rotatable bonds is 3. The van der Waals surface area contributed by atoms with Gasteiger partial charge in [0.15, 0.2) is 5.78 Å². The van der Waals surface area contributed by atoms with Crippen LogP contribution in [0.4, 0.5) is 8.78 Å². The molecule has 2 aromatic carbocycles. The van der Waals surface area contributed by atoms with E-state index in [1.54, 1.807) is 18.2 Å². The summed E-state index contributed by atoms with van der Waals surface area (Å²) in [7, 11) is 0. The highest BCUT2D eigenvalue weighted by Gasteiger charge is 2.14. The van der Waals surface area contributed by atoms with E-state index in [0.717, 1.165) is 23.1 Å². The zero-order valence-corrected chi connectivity index (χ0v) is 10.4. The molecular weight excluding hydrogens is 254 g/mol. The highest BCUT2D eigenvalue weighted by atomic mass is 32.2. The molecule has 0 fully saturated rings. The smallest absolute Gasteiger partial charge is 0.194 e. The molecule has 0 atom stereocenters. The van der Waals surface area contributed by atoms with E-state index in [4.69, 9.17) is 0 Å². The largest absolute Gasteiger partial charge is 0.289 e. The summed E-state index contributed by atoms with van der Waals surface area (Å²) in [5, 5.41) is 0. The average molecular weight is 264 g/mol. The van der Waals surface area contributed by atoms with Crippen molar-refractivity contribution in [3.8, 4) is 0 Å². The van der Waals surface area contributed by atoms with Gasteiger partial charge >= 0.3 is 0 Å². The van der Waals surface area contributed by atoms with Gasteiger partial charge in [-0.25, -0.2) is 8.78 Å². The first-order valence-corrected chi connectivity index (χ1v) is 6.48. The summed E-state index contributed by atoms with van der Waals surface area (Å²) >= 11 is 1.42. The normalized spacial score (nSPS) is 10.4. The Balaban J connectivity index is 2.47. The second-order valence-corrected chi connectivity index (χ2v) is 4.54. The van der Waals surface area contributed by atoms with Gasteiger partial charge in [0.2, 0.25) is 0 Å². The quantitative estimate of drug-likeness (QED) is 0.617. The second kappa shape index (κ2) is 5.31. The highest BCUT2D eigenvalue weighted by molar-refractivity contribution is 7.98. The average Bonchev–Trinajstić information content (AvgIpc) is 2.36. The molecule has 2 rings (SSSR count). The molecule has 0 amide bonds. The van der Waals surface area contributed by atoms with Gasteiger partial charge in [-0.05, 0) is 30.5 Å². The second-order valence-electron chi connectivity index (χ2n) is 3.69. The standard InChI is InChI=1S/C14H10F2OS/c1-18-13-5-3-2-4-12(13)14(17)9-6-10(15)8-11(16)7-9/h2-8H,1H3. The van der Waals surface area contributed by atoms with Crippen LogP contribution in [0.15, 0.2) is 47.4 Å². The Bertz CT molecular complexity index is 576. The number of halogens is 2. The maximum atomic E-state index is 13.1. The Kier molecular flexibility index (Phi) is 3.77. The van der Waals surface area contributed by atoms with Crippen LogP contribution < -0.4 is 0 Å². The molecule has 0 aliphatic rings. The van der Waals surface area contributed by atoms with E-state index in [1.807, 2.05) is 12.3 Å². The van der Waals surface area contributed by atoms with Crippen LogP contribution in [-0.4, -0.2) is 12.0 Å². The Labute approximate surface area is 108 Å². The van der Waals surface area contributed by atoms with Gasteiger partial charge in [0.05, 0.1) is 0 Å². The number of ketones is 1. The third-order valence-corrected chi connectivity index (χ3v) is 3.27. The minimum Gasteiger partial charge on any atom is -0.289 e. The predicted molar refractivity (Wildman–Crippen MR) is 68.0 cm³/mol. The fourth-order valence-corrected chi connectivity index (χ4v) is 2.27. The number of carbonyl (C=O) groups excluding carboxylic acids is 1. The van der Waals surface area contributed by atoms with Crippen molar-refractivity contribution >= 4 is 17.5 Å². The first kappa shape index (κ1) is 12.8. The molecule has 2 aromatic rings. The lowest BCUT2D eigenvalue weighted by molar-refractivity contribution is 0.103. The minimum absolute atomic E-state index is 0.0222. The van der Waals surface area contributed by atoms with Gasteiger partial charge in [0.25, 0.3) is 0 Å². The van der Waals surface area contributed by atoms with Gasteiger partial charge in [0.1, 0.15) is 11.6 Å². The summed E-state index contributed by atoms with van der Waals surface area (Å²) in [6, 6.07) is 9.82. The van der Waals surface area contributed by atoms with Crippen LogP contribution in [-0.2, 0) is 0 Å².